The second-order valence-corrected chi connectivity index (χ2v) is 5.61. The molecule has 0 unspecified atom stereocenters. The summed E-state index contributed by atoms with van der Waals surface area (Å²) in [5.74, 6) is 0. The van der Waals surface area contributed by atoms with Gasteiger partial charge >= 0.3 is 0 Å². The molecule has 0 amide bonds. The van der Waals surface area contributed by atoms with Gasteiger partial charge in [0.25, 0.3) is 0 Å². The molecule has 0 bridgehead atoms. The average molecular weight is 251 g/mol. The zero-order valence-corrected chi connectivity index (χ0v) is 10.9. The van der Waals surface area contributed by atoms with Crippen LogP contribution < -0.4 is 0 Å². The number of rotatable bonds is 3. The first-order chi connectivity index (χ1) is 8.31. The predicted octanol–water partition coefficient (Wildman–Crippen LogP) is 2.62. The zero-order chi connectivity index (χ0) is 11.7. The Bertz CT molecular complexity index is 382. The molecule has 92 valence electrons. The van der Waals surface area contributed by atoms with E-state index in [4.69, 9.17) is 11.6 Å². The van der Waals surface area contributed by atoms with Crippen LogP contribution in [-0.2, 0) is 6.54 Å². The van der Waals surface area contributed by atoms with Crippen LogP contribution in [-0.4, -0.2) is 42.0 Å². The van der Waals surface area contributed by atoms with Gasteiger partial charge in [-0.1, -0.05) is 23.7 Å². The van der Waals surface area contributed by atoms with Crippen molar-refractivity contribution >= 4 is 11.6 Å². The van der Waals surface area contributed by atoms with E-state index in [1.165, 1.54) is 44.6 Å². The Balaban J connectivity index is 1.53. The van der Waals surface area contributed by atoms with Crippen LogP contribution in [0.2, 0.25) is 5.02 Å². The van der Waals surface area contributed by atoms with Crippen LogP contribution in [0.5, 0.6) is 0 Å². The van der Waals surface area contributed by atoms with Gasteiger partial charge in [0.15, 0.2) is 0 Å². The highest BCUT2D eigenvalue weighted by molar-refractivity contribution is 6.30. The molecule has 1 aromatic carbocycles. The number of benzene rings is 1. The maximum Gasteiger partial charge on any atom is 0.0409 e. The van der Waals surface area contributed by atoms with Crippen molar-refractivity contribution in [2.45, 2.75) is 25.4 Å². The van der Waals surface area contributed by atoms with E-state index in [-0.39, 0.29) is 0 Å². The van der Waals surface area contributed by atoms with Gasteiger partial charge < -0.3 is 0 Å². The Hall–Kier alpha value is -0.570. The lowest BCUT2D eigenvalue weighted by Crippen LogP contribution is -2.46. The first-order valence-corrected chi connectivity index (χ1v) is 6.90. The van der Waals surface area contributed by atoms with Crippen LogP contribution in [0.1, 0.15) is 18.4 Å². The fourth-order valence-corrected chi connectivity index (χ4v) is 2.83. The van der Waals surface area contributed by atoms with Crippen LogP contribution >= 0.6 is 11.6 Å². The van der Waals surface area contributed by atoms with Gasteiger partial charge in [-0.2, -0.15) is 0 Å². The van der Waals surface area contributed by atoms with Gasteiger partial charge in [-0.3, -0.25) is 9.80 Å². The van der Waals surface area contributed by atoms with Crippen LogP contribution in [0.25, 0.3) is 0 Å². The lowest BCUT2D eigenvalue weighted by Gasteiger charge is -2.34. The number of hydrogen-bond donors (Lipinski definition) is 0. The summed E-state index contributed by atoms with van der Waals surface area (Å²) in [6, 6.07) is 9.14. The van der Waals surface area contributed by atoms with E-state index in [1.54, 1.807) is 0 Å². The SMILES string of the molecule is Clc1cccc(CN2CCN(C3CC3)CC2)c1. The summed E-state index contributed by atoms with van der Waals surface area (Å²) < 4.78 is 0. The molecule has 1 aliphatic carbocycles. The fourth-order valence-electron chi connectivity index (χ4n) is 2.62. The highest BCUT2D eigenvalue weighted by atomic mass is 35.5. The van der Waals surface area contributed by atoms with E-state index in [0.717, 1.165) is 17.6 Å². The van der Waals surface area contributed by atoms with Crippen molar-refractivity contribution in [1.82, 2.24) is 9.80 Å². The molecule has 0 atom stereocenters. The Kier molecular flexibility index (Phi) is 3.37. The molecule has 2 fully saturated rings. The maximum atomic E-state index is 6.01. The van der Waals surface area contributed by atoms with Gasteiger partial charge in [0.1, 0.15) is 0 Å². The van der Waals surface area contributed by atoms with E-state index < -0.39 is 0 Å². The van der Waals surface area contributed by atoms with Crippen LogP contribution in [0.3, 0.4) is 0 Å². The molecule has 0 aromatic heterocycles. The molecule has 17 heavy (non-hydrogen) atoms. The zero-order valence-electron chi connectivity index (χ0n) is 10.1. The minimum Gasteiger partial charge on any atom is -0.298 e. The summed E-state index contributed by atoms with van der Waals surface area (Å²) in [7, 11) is 0. The van der Waals surface area contributed by atoms with Gasteiger partial charge in [-0.25, -0.2) is 0 Å². The van der Waals surface area contributed by atoms with Crippen molar-refractivity contribution in [3.63, 3.8) is 0 Å². The van der Waals surface area contributed by atoms with Gasteiger partial charge in [-0.05, 0) is 30.5 Å². The monoisotopic (exact) mass is 250 g/mol. The third-order valence-corrected chi connectivity index (χ3v) is 4.00. The van der Waals surface area contributed by atoms with Gasteiger partial charge in [0.05, 0.1) is 0 Å². The molecule has 1 aromatic rings. The Morgan fingerprint density at radius 2 is 1.88 bits per heavy atom. The minimum atomic E-state index is 0.846. The minimum absolute atomic E-state index is 0.846. The summed E-state index contributed by atoms with van der Waals surface area (Å²) in [5, 5.41) is 0.846. The molecule has 0 N–H and O–H groups in total. The quantitative estimate of drug-likeness (QED) is 0.814. The van der Waals surface area contributed by atoms with E-state index in [1.807, 2.05) is 12.1 Å². The first kappa shape index (κ1) is 11.5. The smallest absolute Gasteiger partial charge is 0.0409 e. The summed E-state index contributed by atoms with van der Waals surface area (Å²) in [5.41, 5.74) is 1.33. The Morgan fingerprint density at radius 3 is 2.53 bits per heavy atom. The number of hydrogen-bond acceptors (Lipinski definition) is 2. The number of halogens is 1. The molecule has 0 radical (unpaired) electrons. The Labute approximate surface area is 108 Å². The van der Waals surface area contributed by atoms with E-state index >= 15 is 0 Å². The fraction of sp³-hybridized carbons (Fsp3) is 0.571. The van der Waals surface area contributed by atoms with E-state index in [9.17, 15) is 0 Å². The number of piperazine rings is 1. The molecule has 3 heteroatoms. The second kappa shape index (κ2) is 4.97. The third kappa shape index (κ3) is 3.01. The van der Waals surface area contributed by atoms with Gasteiger partial charge in [0, 0.05) is 43.8 Å². The second-order valence-electron chi connectivity index (χ2n) is 5.17. The Morgan fingerprint density at radius 1 is 1.12 bits per heavy atom. The summed E-state index contributed by atoms with van der Waals surface area (Å²) in [4.78, 5) is 5.18. The molecule has 2 nitrogen and oxygen atoms in total. The van der Waals surface area contributed by atoms with Crippen LogP contribution in [0.15, 0.2) is 24.3 Å². The summed E-state index contributed by atoms with van der Waals surface area (Å²) >= 11 is 6.01. The largest absolute Gasteiger partial charge is 0.298 e. The van der Waals surface area contributed by atoms with Gasteiger partial charge in [-0.15, -0.1) is 0 Å². The summed E-state index contributed by atoms with van der Waals surface area (Å²) in [6.07, 6.45) is 2.85. The van der Waals surface area contributed by atoms with Crippen molar-refractivity contribution in [1.29, 1.82) is 0 Å². The van der Waals surface area contributed by atoms with Crippen molar-refractivity contribution in [3.05, 3.63) is 34.9 Å². The van der Waals surface area contributed by atoms with Crippen molar-refractivity contribution in [2.24, 2.45) is 0 Å². The molecular weight excluding hydrogens is 232 g/mol. The molecule has 0 spiro atoms. The van der Waals surface area contributed by atoms with Gasteiger partial charge in [0.2, 0.25) is 0 Å². The van der Waals surface area contributed by atoms with E-state index in [0.29, 0.717) is 0 Å². The first-order valence-electron chi connectivity index (χ1n) is 6.52. The van der Waals surface area contributed by atoms with Crippen molar-refractivity contribution < 1.29 is 0 Å². The third-order valence-electron chi connectivity index (χ3n) is 3.77. The lowest BCUT2D eigenvalue weighted by molar-refractivity contribution is 0.121. The number of nitrogens with zero attached hydrogens (tertiary/aromatic N) is 2. The topological polar surface area (TPSA) is 6.48 Å². The highest BCUT2D eigenvalue weighted by Gasteiger charge is 2.30. The molecular formula is C14H19ClN2. The van der Waals surface area contributed by atoms with Crippen molar-refractivity contribution in [2.75, 3.05) is 26.2 Å². The molecule has 1 heterocycles. The average Bonchev–Trinajstić information content (AvgIpc) is 3.14. The van der Waals surface area contributed by atoms with Crippen LogP contribution in [0, 0.1) is 0 Å². The standard InChI is InChI=1S/C14H19ClN2/c15-13-3-1-2-12(10-13)11-16-6-8-17(9-7-16)14-4-5-14/h1-3,10,14H,4-9,11H2. The molecule has 3 rings (SSSR count). The molecule has 2 aliphatic rings. The molecule has 1 saturated heterocycles. The summed E-state index contributed by atoms with van der Waals surface area (Å²) in [6.45, 7) is 5.92. The highest BCUT2D eigenvalue weighted by Crippen LogP contribution is 2.27. The normalized spacial score (nSPS) is 22.9. The van der Waals surface area contributed by atoms with Crippen LogP contribution in [0.4, 0.5) is 0 Å². The lowest BCUT2D eigenvalue weighted by atomic mass is 10.2. The van der Waals surface area contributed by atoms with Crippen molar-refractivity contribution in [3.8, 4) is 0 Å². The molecule has 1 saturated carbocycles. The van der Waals surface area contributed by atoms with E-state index in [2.05, 4.69) is 21.9 Å². The maximum absolute atomic E-state index is 6.01. The molecule has 1 aliphatic heterocycles. The predicted molar refractivity (Wildman–Crippen MR) is 71.3 cm³/mol.